The highest BCUT2D eigenvalue weighted by Gasteiger charge is 2.39. The van der Waals surface area contributed by atoms with Gasteiger partial charge in [0, 0.05) is 23.0 Å². The van der Waals surface area contributed by atoms with E-state index >= 15 is 0 Å². The van der Waals surface area contributed by atoms with Crippen molar-refractivity contribution in [3.05, 3.63) is 15.3 Å². The molecule has 1 aromatic rings. The van der Waals surface area contributed by atoms with Crippen LogP contribution in [-0.2, 0) is 0 Å². The van der Waals surface area contributed by atoms with Crippen molar-refractivity contribution in [1.29, 1.82) is 0 Å². The van der Waals surface area contributed by atoms with E-state index in [-0.39, 0.29) is 11.9 Å². The van der Waals surface area contributed by atoms with Gasteiger partial charge in [-0.15, -0.1) is 23.1 Å². The fraction of sp³-hybridized carbons (Fsp3) is 0.583. The molecule has 98 valence electrons. The molecule has 2 fully saturated rings. The Kier molecular flexibility index (Phi) is 3.58. The quantitative estimate of drug-likeness (QED) is 0.844. The van der Waals surface area contributed by atoms with E-state index in [4.69, 9.17) is 11.6 Å². The minimum atomic E-state index is 0.0153. The van der Waals surface area contributed by atoms with Crippen molar-refractivity contribution in [2.45, 2.75) is 42.3 Å². The molecule has 0 saturated carbocycles. The molecule has 0 spiro atoms. The molecule has 2 aliphatic heterocycles. The Morgan fingerprint density at radius 1 is 1.61 bits per heavy atom. The lowest BCUT2D eigenvalue weighted by molar-refractivity contribution is 0.0935. The standard InChI is InChI=1S/C12H15ClN2OS2/c1-17-9-5-10(18-11(9)13)12(16)15-8-4-6-2-3-7(8)14-6/h5-8,14H,2-4H2,1H3,(H,15,16). The summed E-state index contributed by atoms with van der Waals surface area (Å²) in [6.07, 6.45) is 5.45. The number of carbonyl (C=O) groups excluding carboxylic acids is 1. The van der Waals surface area contributed by atoms with E-state index in [1.807, 2.05) is 12.3 Å². The molecule has 3 unspecified atom stereocenters. The summed E-state index contributed by atoms with van der Waals surface area (Å²) in [6, 6.07) is 3.24. The molecule has 1 aromatic heterocycles. The Hall–Kier alpha value is -0.230. The van der Waals surface area contributed by atoms with E-state index in [1.165, 1.54) is 24.2 Å². The van der Waals surface area contributed by atoms with Gasteiger partial charge in [-0.05, 0) is 31.6 Å². The third-order valence-corrected chi connectivity index (χ3v) is 6.08. The molecule has 0 aliphatic carbocycles. The number of hydrogen-bond donors (Lipinski definition) is 2. The van der Waals surface area contributed by atoms with E-state index in [2.05, 4.69) is 10.6 Å². The largest absolute Gasteiger partial charge is 0.347 e. The SMILES string of the molecule is CSc1cc(C(=O)NC2CC3CCC2N3)sc1Cl. The highest BCUT2D eigenvalue weighted by Crippen LogP contribution is 2.34. The first-order chi connectivity index (χ1) is 8.67. The number of nitrogens with one attached hydrogen (secondary N) is 2. The van der Waals surface area contributed by atoms with Crippen LogP contribution in [0.4, 0.5) is 0 Å². The highest BCUT2D eigenvalue weighted by atomic mass is 35.5. The number of thioether (sulfide) groups is 1. The normalized spacial score (nSPS) is 29.8. The summed E-state index contributed by atoms with van der Waals surface area (Å²) < 4.78 is 0.707. The first kappa shape index (κ1) is 12.8. The third-order valence-electron chi connectivity index (χ3n) is 3.72. The van der Waals surface area contributed by atoms with E-state index < -0.39 is 0 Å². The fourth-order valence-electron chi connectivity index (χ4n) is 2.83. The average Bonchev–Trinajstić information content (AvgIpc) is 3.03. The summed E-state index contributed by atoms with van der Waals surface area (Å²) in [7, 11) is 0. The van der Waals surface area contributed by atoms with Crippen molar-refractivity contribution < 1.29 is 4.79 Å². The third kappa shape index (κ3) is 2.29. The summed E-state index contributed by atoms with van der Waals surface area (Å²) in [4.78, 5) is 13.9. The van der Waals surface area contributed by atoms with Crippen molar-refractivity contribution >= 4 is 40.6 Å². The van der Waals surface area contributed by atoms with Crippen LogP contribution in [0.15, 0.2) is 11.0 Å². The number of fused-ring (bicyclic) bond motifs is 2. The maximum atomic E-state index is 12.2. The monoisotopic (exact) mass is 302 g/mol. The van der Waals surface area contributed by atoms with Gasteiger partial charge in [0.25, 0.3) is 5.91 Å². The number of thiophene rings is 1. The van der Waals surface area contributed by atoms with Gasteiger partial charge in [0.15, 0.2) is 0 Å². The van der Waals surface area contributed by atoms with Crippen molar-refractivity contribution in [3.63, 3.8) is 0 Å². The number of hydrogen-bond acceptors (Lipinski definition) is 4. The average molecular weight is 303 g/mol. The molecule has 0 aromatic carbocycles. The lowest BCUT2D eigenvalue weighted by Gasteiger charge is -2.20. The summed E-state index contributed by atoms with van der Waals surface area (Å²) in [6.45, 7) is 0. The van der Waals surface area contributed by atoms with Gasteiger partial charge in [0.1, 0.15) is 4.34 Å². The zero-order chi connectivity index (χ0) is 12.7. The van der Waals surface area contributed by atoms with Gasteiger partial charge >= 0.3 is 0 Å². The van der Waals surface area contributed by atoms with E-state index in [0.29, 0.717) is 21.3 Å². The van der Waals surface area contributed by atoms with Crippen LogP contribution in [0.1, 0.15) is 28.9 Å². The molecule has 1 amide bonds. The molecular weight excluding hydrogens is 288 g/mol. The fourth-order valence-corrected chi connectivity index (χ4v) is 4.89. The lowest BCUT2D eigenvalue weighted by atomic mass is 9.95. The molecule has 2 aliphatic rings. The summed E-state index contributed by atoms with van der Waals surface area (Å²) >= 11 is 9.01. The van der Waals surface area contributed by atoms with Crippen LogP contribution in [-0.4, -0.2) is 30.3 Å². The minimum absolute atomic E-state index is 0.0153. The summed E-state index contributed by atoms with van der Waals surface area (Å²) in [5.74, 6) is 0.0153. The molecule has 3 nitrogen and oxygen atoms in total. The van der Waals surface area contributed by atoms with E-state index in [1.54, 1.807) is 11.8 Å². The molecule has 2 N–H and O–H groups in total. The summed E-state index contributed by atoms with van der Waals surface area (Å²) in [5, 5.41) is 6.65. The van der Waals surface area contributed by atoms with Crippen LogP contribution in [0.2, 0.25) is 4.34 Å². The minimum Gasteiger partial charge on any atom is -0.347 e. The van der Waals surface area contributed by atoms with Crippen molar-refractivity contribution in [2.24, 2.45) is 0 Å². The van der Waals surface area contributed by atoms with Crippen molar-refractivity contribution in [2.75, 3.05) is 6.26 Å². The highest BCUT2D eigenvalue weighted by molar-refractivity contribution is 7.98. The smallest absolute Gasteiger partial charge is 0.261 e. The number of amides is 1. The van der Waals surface area contributed by atoms with Gasteiger partial charge in [-0.25, -0.2) is 0 Å². The number of halogens is 1. The van der Waals surface area contributed by atoms with Gasteiger partial charge in [-0.2, -0.15) is 0 Å². The first-order valence-corrected chi connectivity index (χ1v) is 8.49. The van der Waals surface area contributed by atoms with E-state index in [9.17, 15) is 4.79 Å². The molecule has 6 heteroatoms. The first-order valence-electron chi connectivity index (χ1n) is 6.07. The molecule has 3 rings (SSSR count). The maximum absolute atomic E-state index is 12.2. The zero-order valence-electron chi connectivity index (χ0n) is 10.0. The number of rotatable bonds is 3. The van der Waals surface area contributed by atoms with Crippen LogP contribution < -0.4 is 10.6 Å². The van der Waals surface area contributed by atoms with Crippen LogP contribution >= 0.6 is 34.7 Å². The van der Waals surface area contributed by atoms with Crippen LogP contribution in [0.5, 0.6) is 0 Å². The predicted molar refractivity (Wildman–Crippen MR) is 76.9 cm³/mol. The van der Waals surface area contributed by atoms with Crippen LogP contribution in [0, 0.1) is 0 Å². The molecule has 3 heterocycles. The molecule has 3 atom stereocenters. The molecule has 2 saturated heterocycles. The number of carbonyl (C=O) groups is 1. The Morgan fingerprint density at radius 2 is 2.44 bits per heavy atom. The van der Waals surface area contributed by atoms with Gasteiger partial charge in [0.2, 0.25) is 0 Å². The molecule has 18 heavy (non-hydrogen) atoms. The van der Waals surface area contributed by atoms with Crippen LogP contribution in [0.25, 0.3) is 0 Å². The van der Waals surface area contributed by atoms with Gasteiger partial charge in [-0.3, -0.25) is 4.79 Å². The van der Waals surface area contributed by atoms with E-state index in [0.717, 1.165) is 11.3 Å². The van der Waals surface area contributed by atoms with Crippen molar-refractivity contribution in [1.82, 2.24) is 10.6 Å². The lowest BCUT2D eigenvalue weighted by Crippen LogP contribution is -2.42. The predicted octanol–water partition coefficient (Wildman–Crippen LogP) is 2.75. The second-order valence-corrected chi connectivity index (χ2v) is 7.32. The van der Waals surface area contributed by atoms with Gasteiger partial charge < -0.3 is 10.6 Å². The molecular formula is C12H15ClN2OS2. The van der Waals surface area contributed by atoms with Gasteiger partial charge in [-0.1, -0.05) is 11.6 Å². The Bertz CT molecular complexity index is 477. The van der Waals surface area contributed by atoms with Crippen molar-refractivity contribution in [3.8, 4) is 0 Å². The van der Waals surface area contributed by atoms with Gasteiger partial charge in [0.05, 0.1) is 4.88 Å². The Labute approximate surface area is 120 Å². The van der Waals surface area contributed by atoms with Crippen LogP contribution in [0.3, 0.4) is 0 Å². The topological polar surface area (TPSA) is 41.1 Å². The summed E-state index contributed by atoms with van der Waals surface area (Å²) in [5.41, 5.74) is 0. The Morgan fingerprint density at radius 3 is 3.00 bits per heavy atom. The molecule has 2 bridgehead atoms. The second kappa shape index (κ2) is 5.04. The Balaban J connectivity index is 1.67. The zero-order valence-corrected chi connectivity index (χ0v) is 12.4. The second-order valence-electron chi connectivity index (χ2n) is 4.82. The molecule has 0 radical (unpaired) electrons. The maximum Gasteiger partial charge on any atom is 0.261 e.